The molecule has 44 valence electrons. The molecule has 0 unspecified atom stereocenters. The molecular weight excluding hydrogens is 299 g/mol. The molecule has 8 heavy (non-hydrogen) atoms. The molecule has 1 aromatic rings. The van der Waals surface area contributed by atoms with Crippen LogP contribution < -0.4 is 0 Å². The van der Waals surface area contributed by atoms with Gasteiger partial charge in [0.05, 0.1) is 2.88 Å². The molecule has 0 aliphatic rings. The minimum Gasteiger partial charge on any atom is -0.137 e. The minimum absolute atomic E-state index is 0.981. The smallest absolute Gasteiger partial charge is 0.0693 e. The van der Waals surface area contributed by atoms with Crippen molar-refractivity contribution >= 4 is 49.9 Å². The fourth-order valence-corrected chi connectivity index (χ4v) is 3.05. The summed E-state index contributed by atoms with van der Waals surface area (Å²) in [6, 6.07) is 2.14. The lowest BCUT2D eigenvalue weighted by molar-refractivity contribution is 1.48. The van der Waals surface area contributed by atoms with Crippen molar-refractivity contribution in [2.24, 2.45) is 0 Å². The van der Waals surface area contributed by atoms with Crippen LogP contribution in [0.25, 0.3) is 0 Å². The average Bonchev–Trinajstić information content (AvgIpc) is 2.14. The molecule has 0 N–H and O–H groups in total. The van der Waals surface area contributed by atoms with Crippen LogP contribution in [0.2, 0.25) is 0 Å². The van der Waals surface area contributed by atoms with Crippen LogP contribution in [-0.4, -0.2) is 0 Å². The molecule has 0 saturated heterocycles. The molecule has 0 aliphatic carbocycles. The molecule has 0 aliphatic heterocycles. The number of hydrogen-bond acceptors (Lipinski definition) is 1. The van der Waals surface area contributed by atoms with E-state index in [1.807, 2.05) is 0 Å². The van der Waals surface area contributed by atoms with E-state index in [9.17, 15) is 0 Å². The Balaban J connectivity index is 2.92. The fraction of sp³-hybridized carbons (Fsp3) is 0.200. The van der Waals surface area contributed by atoms with Gasteiger partial charge in [-0.25, -0.2) is 0 Å². The van der Waals surface area contributed by atoms with Crippen molar-refractivity contribution < 1.29 is 0 Å². The maximum Gasteiger partial charge on any atom is 0.0693 e. The Hall–Kier alpha value is 0.910. The topological polar surface area (TPSA) is 0 Å². The largest absolute Gasteiger partial charge is 0.137 e. The molecule has 0 radical (unpaired) electrons. The Kier molecular flexibility index (Phi) is 2.79. The van der Waals surface area contributed by atoms with E-state index < -0.39 is 0 Å². The first kappa shape index (κ1) is 7.02. The summed E-state index contributed by atoms with van der Waals surface area (Å²) in [5.74, 6) is 0. The fourth-order valence-electron chi connectivity index (χ4n) is 0.414. The van der Waals surface area contributed by atoms with E-state index >= 15 is 0 Å². The summed E-state index contributed by atoms with van der Waals surface area (Å²) < 4.78 is 1.39. The summed E-state index contributed by atoms with van der Waals surface area (Å²) in [5.41, 5.74) is 1.40. The van der Waals surface area contributed by atoms with Gasteiger partial charge in [-0.2, -0.15) is 0 Å². The summed E-state index contributed by atoms with van der Waals surface area (Å²) in [5, 5.41) is 3.09. The van der Waals surface area contributed by atoms with E-state index in [-0.39, 0.29) is 0 Å². The highest BCUT2D eigenvalue weighted by Crippen LogP contribution is 2.20. The zero-order valence-corrected chi connectivity index (χ0v) is 8.59. The number of rotatable bonds is 1. The maximum atomic E-state index is 3.39. The molecule has 0 fully saturated rings. The minimum atomic E-state index is 0.981. The first-order chi connectivity index (χ1) is 3.84. The number of thiophene rings is 1. The molecule has 0 spiro atoms. The van der Waals surface area contributed by atoms with Gasteiger partial charge in [0.1, 0.15) is 0 Å². The Bertz CT molecular complexity index is 173. The highest BCUT2D eigenvalue weighted by atomic mass is 127. The highest BCUT2D eigenvalue weighted by molar-refractivity contribution is 14.1. The standard InChI is InChI=1S/C5H4BrIS/c6-3-4-1-2-8-5(4)7/h1-2H,3H2. The van der Waals surface area contributed by atoms with Gasteiger partial charge in [0.15, 0.2) is 0 Å². The van der Waals surface area contributed by atoms with Crippen LogP contribution in [0.5, 0.6) is 0 Å². The van der Waals surface area contributed by atoms with Crippen LogP contribution >= 0.6 is 49.9 Å². The van der Waals surface area contributed by atoms with Gasteiger partial charge in [0, 0.05) is 5.33 Å². The van der Waals surface area contributed by atoms with Crippen LogP contribution in [0, 0.1) is 2.88 Å². The molecule has 0 nitrogen and oxygen atoms in total. The molecule has 0 saturated carbocycles. The Morgan fingerprint density at radius 3 is 2.75 bits per heavy atom. The van der Waals surface area contributed by atoms with Gasteiger partial charge in [0.25, 0.3) is 0 Å². The summed E-state index contributed by atoms with van der Waals surface area (Å²) in [6.45, 7) is 0. The highest BCUT2D eigenvalue weighted by Gasteiger charge is 1.95. The van der Waals surface area contributed by atoms with Crippen molar-refractivity contribution in [3.63, 3.8) is 0 Å². The van der Waals surface area contributed by atoms with E-state index in [0.717, 1.165) is 5.33 Å². The molecule has 0 aromatic carbocycles. The number of alkyl halides is 1. The van der Waals surface area contributed by atoms with Gasteiger partial charge in [-0.3, -0.25) is 0 Å². The lowest BCUT2D eigenvalue weighted by Gasteiger charge is -1.84. The molecule has 0 atom stereocenters. The second-order valence-corrected chi connectivity index (χ2v) is 4.64. The second-order valence-electron chi connectivity index (χ2n) is 1.35. The predicted molar refractivity (Wildman–Crippen MR) is 49.7 cm³/mol. The second kappa shape index (κ2) is 3.17. The third-order valence-electron chi connectivity index (χ3n) is 0.837. The van der Waals surface area contributed by atoms with E-state index in [2.05, 4.69) is 50.0 Å². The van der Waals surface area contributed by atoms with Crippen LogP contribution in [-0.2, 0) is 5.33 Å². The average molecular weight is 303 g/mol. The van der Waals surface area contributed by atoms with Crippen molar-refractivity contribution in [3.8, 4) is 0 Å². The predicted octanol–water partition coefficient (Wildman–Crippen LogP) is 3.25. The summed E-state index contributed by atoms with van der Waals surface area (Å²) in [4.78, 5) is 0. The first-order valence-electron chi connectivity index (χ1n) is 2.12. The van der Waals surface area contributed by atoms with Crippen LogP contribution in [0.1, 0.15) is 5.56 Å². The third kappa shape index (κ3) is 1.45. The quantitative estimate of drug-likeness (QED) is 0.552. The molecule has 0 bridgehead atoms. The molecule has 1 heterocycles. The molecule has 0 amide bonds. The Morgan fingerprint density at radius 1 is 1.75 bits per heavy atom. The first-order valence-corrected chi connectivity index (χ1v) is 5.20. The number of halogens is 2. The SMILES string of the molecule is BrCc1ccsc1I. The molecule has 3 heteroatoms. The van der Waals surface area contributed by atoms with Gasteiger partial charge in [-0.15, -0.1) is 11.3 Å². The van der Waals surface area contributed by atoms with E-state index in [0.29, 0.717) is 0 Å². The zero-order chi connectivity index (χ0) is 5.98. The van der Waals surface area contributed by atoms with E-state index in [1.54, 1.807) is 11.3 Å². The third-order valence-corrected chi connectivity index (χ3v) is 3.64. The van der Waals surface area contributed by atoms with Gasteiger partial charge in [0.2, 0.25) is 0 Å². The van der Waals surface area contributed by atoms with Crippen molar-refractivity contribution in [1.82, 2.24) is 0 Å². The Labute approximate surface area is 74.6 Å². The van der Waals surface area contributed by atoms with E-state index in [4.69, 9.17) is 0 Å². The number of hydrogen-bond donors (Lipinski definition) is 0. The lowest BCUT2D eigenvalue weighted by atomic mass is 10.4. The van der Waals surface area contributed by atoms with Gasteiger partial charge in [-0.05, 0) is 39.6 Å². The summed E-state index contributed by atoms with van der Waals surface area (Å²) >= 11 is 7.52. The molecule has 1 rings (SSSR count). The Morgan fingerprint density at radius 2 is 2.50 bits per heavy atom. The van der Waals surface area contributed by atoms with Crippen LogP contribution in [0.3, 0.4) is 0 Å². The molecule has 1 aromatic heterocycles. The zero-order valence-electron chi connectivity index (χ0n) is 4.03. The lowest BCUT2D eigenvalue weighted by Crippen LogP contribution is -1.69. The van der Waals surface area contributed by atoms with Crippen molar-refractivity contribution in [2.75, 3.05) is 0 Å². The van der Waals surface area contributed by atoms with Gasteiger partial charge in [-0.1, -0.05) is 15.9 Å². The monoisotopic (exact) mass is 302 g/mol. The van der Waals surface area contributed by atoms with Gasteiger partial charge >= 0.3 is 0 Å². The maximum absolute atomic E-state index is 3.39. The van der Waals surface area contributed by atoms with Crippen molar-refractivity contribution in [2.45, 2.75) is 5.33 Å². The van der Waals surface area contributed by atoms with Crippen molar-refractivity contribution in [1.29, 1.82) is 0 Å². The van der Waals surface area contributed by atoms with Gasteiger partial charge < -0.3 is 0 Å². The normalized spacial score (nSPS) is 9.75. The van der Waals surface area contributed by atoms with Crippen LogP contribution in [0.4, 0.5) is 0 Å². The summed E-state index contributed by atoms with van der Waals surface area (Å²) in [6.07, 6.45) is 0. The van der Waals surface area contributed by atoms with E-state index in [1.165, 1.54) is 8.45 Å². The summed E-state index contributed by atoms with van der Waals surface area (Å²) in [7, 11) is 0. The van der Waals surface area contributed by atoms with Crippen molar-refractivity contribution in [3.05, 3.63) is 19.9 Å². The van der Waals surface area contributed by atoms with Crippen LogP contribution in [0.15, 0.2) is 11.4 Å². The molecular formula is C5H4BrIS.